The van der Waals surface area contributed by atoms with Crippen LogP contribution in [-0.4, -0.2) is 35.1 Å². The molecule has 80 valence electrons. The number of carbonyl (C=O) groups is 1. The maximum absolute atomic E-state index is 10.9. The van der Waals surface area contributed by atoms with Gasteiger partial charge in [0.25, 0.3) is 0 Å². The normalized spacial score (nSPS) is 43.6. The van der Waals surface area contributed by atoms with Crippen LogP contribution in [-0.2, 0) is 4.79 Å². The van der Waals surface area contributed by atoms with Gasteiger partial charge in [0.15, 0.2) is 0 Å². The lowest BCUT2D eigenvalue weighted by molar-refractivity contribution is -0.142. The number of hydrogen-bond acceptors (Lipinski definition) is 2. The Balaban J connectivity index is 1.90. The first-order chi connectivity index (χ1) is 6.58. The van der Waals surface area contributed by atoms with Gasteiger partial charge >= 0.3 is 5.97 Å². The molecule has 2 unspecified atom stereocenters. The maximum Gasteiger partial charge on any atom is 0.308 e. The van der Waals surface area contributed by atoms with Gasteiger partial charge in [0.05, 0.1) is 5.92 Å². The molecule has 14 heavy (non-hydrogen) atoms. The van der Waals surface area contributed by atoms with Crippen molar-refractivity contribution in [3.05, 3.63) is 0 Å². The minimum absolute atomic E-state index is 0.133. The average molecular weight is 197 g/mol. The molecule has 2 atom stereocenters. The highest BCUT2D eigenvalue weighted by Crippen LogP contribution is 2.35. The molecule has 1 aliphatic heterocycles. The van der Waals surface area contributed by atoms with Crippen molar-refractivity contribution in [2.75, 3.05) is 13.1 Å². The summed E-state index contributed by atoms with van der Waals surface area (Å²) >= 11 is 0. The first-order valence-electron chi connectivity index (χ1n) is 5.54. The van der Waals surface area contributed by atoms with Gasteiger partial charge in [-0.2, -0.15) is 0 Å². The first-order valence-corrected chi connectivity index (χ1v) is 5.54. The van der Waals surface area contributed by atoms with Crippen LogP contribution in [0.4, 0.5) is 0 Å². The van der Waals surface area contributed by atoms with E-state index in [2.05, 4.69) is 18.7 Å². The van der Waals surface area contributed by atoms with Gasteiger partial charge in [0, 0.05) is 19.1 Å². The summed E-state index contributed by atoms with van der Waals surface area (Å²) in [7, 11) is 0. The van der Waals surface area contributed by atoms with Crippen LogP contribution in [0.15, 0.2) is 0 Å². The number of likely N-dealkylation sites (tertiary alicyclic amines) is 1. The molecular formula is C11H19NO2. The summed E-state index contributed by atoms with van der Waals surface area (Å²) in [5.74, 6) is 0.417. The summed E-state index contributed by atoms with van der Waals surface area (Å²) in [5, 5.41) is 9.00. The number of aliphatic carboxylic acids is 1. The standard InChI is InChI=1S/C11H19NO2/c1-7-3-9(4-7)12-5-8(2)10(6-12)11(13)14/h7-10H,3-6H2,1-2H3,(H,13,14). The summed E-state index contributed by atoms with van der Waals surface area (Å²) in [4.78, 5) is 13.3. The third kappa shape index (κ3) is 1.65. The molecule has 1 N–H and O–H groups in total. The van der Waals surface area contributed by atoms with Crippen molar-refractivity contribution >= 4 is 5.97 Å². The Morgan fingerprint density at radius 1 is 1.29 bits per heavy atom. The molecule has 2 aliphatic rings. The van der Waals surface area contributed by atoms with Crippen LogP contribution in [0, 0.1) is 17.8 Å². The van der Waals surface area contributed by atoms with Gasteiger partial charge in [0.1, 0.15) is 0 Å². The van der Waals surface area contributed by atoms with Crippen LogP contribution in [0.25, 0.3) is 0 Å². The minimum Gasteiger partial charge on any atom is -0.481 e. The SMILES string of the molecule is CC1CC(N2CC(C)C(C(=O)O)C2)C1. The Hall–Kier alpha value is -0.570. The van der Waals surface area contributed by atoms with Gasteiger partial charge in [0.2, 0.25) is 0 Å². The van der Waals surface area contributed by atoms with Crippen LogP contribution in [0.3, 0.4) is 0 Å². The van der Waals surface area contributed by atoms with E-state index in [1.54, 1.807) is 0 Å². The lowest BCUT2D eigenvalue weighted by atomic mass is 9.81. The summed E-state index contributed by atoms with van der Waals surface area (Å²) in [6, 6.07) is 0.678. The number of nitrogens with zero attached hydrogens (tertiary/aromatic N) is 1. The topological polar surface area (TPSA) is 40.5 Å². The number of rotatable bonds is 2. The molecule has 3 heteroatoms. The molecule has 1 saturated heterocycles. The third-order valence-electron chi connectivity index (χ3n) is 3.82. The Bertz CT molecular complexity index is 235. The molecular weight excluding hydrogens is 178 g/mol. The Kier molecular flexibility index (Phi) is 2.52. The molecule has 1 saturated carbocycles. The van der Waals surface area contributed by atoms with Crippen molar-refractivity contribution in [3.8, 4) is 0 Å². The largest absolute Gasteiger partial charge is 0.481 e. The average Bonchev–Trinajstić information content (AvgIpc) is 2.41. The molecule has 2 fully saturated rings. The highest BCUT2D eigenvalue weighted by Gasteiger charge is 2.40. The van der Waals surface area contributed by atoms with Crippen molar-refractivity contribution in [2.45, 2.75) is 32.7 Å². The molecule has 0 radical (unpaired) electrons. The van der Waals surface area contributed by atoms with E-state index in [-0.39, 0.29) is 5.92 Å². The lowest BCUT2D eigenvalue weighted by Crippen LogP contribution is -2.43. The van der Waals surface area contributed by atoms with E-state index in [4.69, 9.17) is 5.11 Å². The van der Waals surface area contributed by atoms with Crippen LogP contribution >= 0.6 is 0 Å². The summed E-state index contributed by atoms with van der Waals surface area (Å²) < 4.78 is 0. The smallest absolute Gasteiger partial charge is 0.308 e. The minimum atomic E-state index is -0.618. The second kappa shape index (κ2) is 3.54. The first kappa shape index (κ1) is 9.97. The zero-order valence-electron chi connectivity index (χ0n) is 8.94. The fraction of sp³-hybridized carbons (Fsp3) is 0.909. The number of hydrogen-bond donors (Lipinski definition) is 1. The summed E-state index contributed by atoms with van der Waals surface area (Å²) in [6.07, 6.45) is 2.53. The zero-order chi connectivity index (χ0) is 10.3. The van der Waals surface area contributed by atoms with Crippen molar-refractivity contribution in [1.82, 2.24) is 4.90 Å². The molecule has 0 aromatic carbocycles. The summed E-state index contributed by atoms with van der Waals surface area (Å²) in [6.45, 7) is 6.08. The van der Waals surface area contributed by atoms with E-state index in [1.807, 2.05) is 0 Å². The van der Waals surface area contributed by atoms with Crippen molar-refractivity contribution < 1.29 is 9.90 Å². The van der Waals surface area contributed by atoms with Crippen molar-refractivity contribution in [3.63, 3.8) is 0 Å². The van der Waals surface area contributed by atoms with E-state index >= 15 is 0 Å². The molecule has 0 aromatic rings. The van der Waals surface area contributed by atoms with Gasteiger partial charge in [-0.25, -0.2) is 0 Å². The van der Waals surface area contributed by atoms with Gasteiger partial charge < -0.3 is 5.11 Å². The van der Waals surface area contributed by atoms with Crippen molar-refractivity contribution in [1.29, 1.82) is 0 Å². The van der Waals surface area contributed by atoms with E-state index in [0.717, 1.165) is 19.0 Å². The highest BCUT2D eigenvalue weighted by atomic mass is 16.4. The molecule has 0 bridgehead atoms. The van der Waals surface area contributed by atoms with Crippen LogP contribution in [0.1, 0.15) is 26.7 Å². The van der Waals surface area contributed by atoms with Gasteiger partial charge in [-0.1, -0.05) is 13.8 Å². The number of carboxylic acid groups (broad SMARTS) is 1. The zero-order valence-corrected chi connectivity index (χ0v) is 8.94. The monoisotopic (exact) mass is 197 g/mol. The summed E-state index contributed by atoms with van der Waals surface area (Å²) in [5.41, 5.74) is 0. The Labute approximate surface area is 85.1 Å². The number of carboxylic acids is 1. The van der Waals surface area contributed by atoms with E-state index in [0.29, 0.717) is 12.0 Å². The fourth-order valence-corrected chi connectivity index (χ4v) is 2.78. The molecule has 0 amide bonds. The van der Waals surface area contributed by atoms with Gasteiger partial charge in [-0.15, -0.1) is 0 Å². The second-order valence-electron chi connectivity index (χ2n) is 5.11. The van der Waals surface area contributed by atoms with E-state index < -0.39 is 5.97 Å². The fourth-order valence-electron chi connectivity index (χ4n) is 2.78. The molecule has 3 nitrogen and oxygen atoms in total. The van der Waals surface area contributed by atoms with Crippen LogP contribution in [0.2, 0.25) is 0 Å². The third-order valence-corrected chi connectivity index (χ3v) is 3.82. The van der Waals surface area contributed by atoms with Crippen LogP contribution < -0.4 is 0 Å². The Morgan fingerprint density at radius 2 is 1.93 bits per heavy atom. The van der Waals surface area contributed by atoms with Crippen LogP contribution in [0.5, 0.6) is 0 Å². The second-order valence-corrected chi connectivity index (χ2v) is 5.11. The molecule has 2 rings (SSSR count). The predicted molar refractivity (Wildman–Crippen MR) is 54.0 cm³/mol. The molecule has 1 aliphatic carbocycles. The molecule has 0 spiro atoms. The van der Waals surface area contributed by atoms with Crippen molar-refractivity contribution in [2.24, 2.45) is 17.8 Å². The predicted octanol–water partition coefficient (Wildman–Crippen LogP) is 1.44. The Morgan fingerprint density at radius 3 is 2.36 bits per heavy atom. The van der Waals surface area contributed by atoms with E-state index in [1.165, 1.54) is 12.8 Å². The van der Waals surface area contributed by atoms with Gasteiger partial charge in [-0.05, 0) is 24.7 Å². The lowest BCUT2D eigenvalue weighted by Gasteiger charge is -2.39. The molecule has 1 heterocycles. The molecule has 0 aromatic heterocycles. The van der Waals surface area contributed by atoms with E-state index in [9.17, 15) is 4.79 Å². The maximum atomic E-state index is 10.9. The highest BCUT2D eigenvalue weighted by molar-refractivity contribution is 5.71. The quantitative estimate of drug-likeness (QED) is 0.728. The van der Waals surface area contributed by atoms with Gasteiger partial charge in [-0.3, -0.25) is 9.69 Å².